The molecule has 0 unspecified atom stereocenters. The number of benzene rings is 1. The van der Waals surface area contributed by atoms with Crippen LogP contribution in [0.5, 0.6) is 0 Å². The Labute approximate surface area is 118 Å². The minimum atomic E-state index is -0.0911. The SMILES string of the molecule is Cn1ccc(CNC(=O)NC2Cc3ccccc3C2)c1. The smallest absolute Gasteiger partial charge is 0.315 e. The predicted molar refractivity (Wildman–Crippen MR) is 78.4 cm³/mol. The van der Waals surface area contributed by atoms with Crippen LogP contribution in [0.1, 0.15) is 16.7 Å². The highest BCUT2D eigenvalue weighted by atomic mass is 16.2. The van der Waals surface area contributed by atoms with Crippen molar-refractivity contribution in [2.24, 2.45) is 7.05 Å². The number of nitrogens with zero attached hydrogens (tertiary/aromatic N) is 1. The van der Waals surface area contributed by atoms with Gasteiger partial charge in [0.2, 0.25) is 0 Å². The molecule has 2 aromatic rings. The summed E-state index contributed by atoms with van der Waals surface area (Å²) >= 11 is 0. The van der Waals surface area contributed by atoms with Gasteiger partial charge in [-0.1, -0.05) is 24.3 Å². The van der Waals surface area contributed by atoms with Crippen molar-refractivity contribution < 1.29 is 4.79 Å². The number of fused-ring (bicyclic) bond motifs is 1. The zero-order valence-corrected chi connectivity index (χ0v) is 11.6. The summed E-state index contributed by atoms with van der Waals surface area (Å²) in [4.78, 5) is 11.9. The van der Waals surface area contributed by atoms with Gasteiger partial charge in [0.15, 0.2) is 0 Å². The highest BCUT2D eigenvalue weighted by Crippen LogP contribution is 2.21. The van der Waals surface area contributed by atoms with Crippen molar-refractivity contribution in [1.82, 2.24) is 15.2 Å². The van der Waals surface area contributed by atoms with Crippen molar-refractivity contribution in [3.05, 3.63) is 59.4 Å². The average Bonchev–Trinajstić information content (AvgIpc) is 3.01. The maximum absolute atomic E-state index is 11.9. The number of hydrogen-bond acceptors (Lipinski definition) is 1. The van der Waals surface area contributed by atoms with E-state index in [0.717, 1.165) is 18.4 Å². The lowest BCUT2D eigenvalue weighted by atomic mass is 10.1. The van der Waals surface area contributed by atoms with Crippen molar-refractivity contribution >= 4 is 6.03 Å². The first-order valence-corrected chi connectivity index (χ1v) is 6.93. The largest absolute Gasteiger partial charge is 0.357 e. The van der Waals surface area contributed by atoms with Gasteiger partial charge in [-0.15, -0.1) is 0 Å². The molecule has 3 rings (SSSR count). The van der Waals surface area contributed by atoms with E-state index in [9.17, 15) is 4.79 Å². The number of rotatable bonds is 3. The second-order valence-electron chi connectivity index (χ2n) is 5.39. The Morgan fingerprint density at radius 1 is 1.25 bits per heavy atom. The number of carbonyl (C=O) groups is 1. The van der Waals surface area contributed by atoms with Crippen LogP contribution in [-0.4, -0.2) is 16.6 Å². The molecule has 4 heteroatoms. The summed E-state index contributed by atoms with van der Waals surface area (Å²) in [5.41, 5.74) is 3.80. The third-order valence-electron chi connectivity index (χ3n) is 3.73. The van der Waals surface area contributed by atoms with Crippen LogP contribution in [0.4, 0.5) is 4.79 Å². The maximum Gasteiger partial charge on any atom is 0.315 e. The Morgan fingerprint density at radius 2 is 1.95 bits per heavy atom. The van der Waals surface area contributed by atoms with E-state index < -0.39 is 0 Å². The van der Waals surface area contributed by atoms with Crippen molar-refractivity contribution in [2.45, 2.75) is 25.4 Å². The molecule has 4 nitrogen and oxygen atoms in total. The van der Waals surface area contributed by atoms with E-state index in [4.69, 9.17) is 0 Å². The van der Waals surface area contributed by atoms with Gasteiger partial charge in [-0.3, -0.25) is 0 Å². The Balaban J connectivity index is 1.48. The van der Waals surface area contributed by atoms with Crippen LogP contribution in [0.15, 0.2) is 42.7 Å². The predicted octanol–water partition coefficient (Wildman–Crippen LogP) is 1.99. The molecule has 0 saturated carbocycles. The first kappa shape index (κ1) is 12.8. The van der Waals surface area contributed by atoms with E-state index in [1.165, 1.54) is 11.1 Å². The van der Waals surface area contributed by atoms with Gasteiger partial charge in [-0.25, -0.2) is 4.79 Å². The summed E-state index contributed by atoms with van der Waals surface area (Å²) in [6.07, 6.45) is 5.83. The third-order valence-corrected chi connectivity index (χ3v) is 3.73. The lowest BCUT2D eigenvalue weighted by Crippen LogP contribution is -2.42. The van der Waals surface area contributed by atoms with Gasteiger partial charge in [-0.05, 0) is 35.6 Å². The van der Waals surface area contributed by atoms with E-state index in [0.29, 0.717) is 6.54 Å². The van der Waals surface area contributed by atoms with Crippen LogP contribution in [0.25, 0.3) is 0 Å². The van der Waals surface area contributed by atoms with Gasteiger partial charge in [0.25, 0.3) is 0 Å². The molecule has 1 aliphatic rings. The molecular weight excluding hydrogens is 250 g/mol. The summed E-state index contributed by atoms with van der Waals surface area (Å²) in [7, 11) is 1.97. The minimum Gasteiger partial charge on any atom is -0.357 e. The van der Waals surface area contributed by atoms with Crippen molar-refractivity contribution in [3.8, 4) is 0 Å². The van der Waals surface area contributed by atoms with Gasteiger partial charge in [0.1, 0.15) is 0 Å². The van der Waals surface area contributed by atoms with E-state index >= 15 is 0 Å². The molecular formula is C16H19N3O. The zero-order chi connectivity index (χ0) is 13.9. The van der Waals surface area contributed by atoms with Gasteiger partial charge in [0, 0.05) is 32.0 Å². The van der Waals surface area contributed by atoms with Crippen molar-refractivity contribution in [2.75, 3.05) is 0 Å². The molecule has 2 amide bonds. The Morgan fingerprint density at radius 3 is 2.55 bits per heavy atom. The third kappa shape index (κ3) is 2.85. The molecule has 20 heavy (non-hydrogen) atoms. The number of urea groups is 1. The Kier molecular flexibility index (Phi) is 3.46. The molecule has 0 fully saturated rings. The average molecular weight is 269 g/mol. The number of aromatic nitrogens is 1. The van der Waals surface area contributed by atoms with Crippen LogP contribution < -0.4 is 10.6 Å². The van der Waals surface area contributed by atoms with E-state index in [1.807, 2.05) is 30.1 Å². The topological polar surface area (TPSA) is 46.1 Å². The normalized spacial score (nSPS) is 14.1. The quantitative estimate of drug-likeness (QED) is 0.879. The fourth-order valence-electron chi connectivity index (χ4n) is 2.75. The van der Waals surface area contributed by atoms with E-state index in [1.54, 1.807) is 0 Å². The minimum absolute atomic E-state index is 0.0911. The first-order chi connectivity index (χ1) is 9.70. The lowest BCUT2D eigenvalue weighted by molar-refractivity contribution is 0.237. The molecule has 2 N–H and O–H groups in total. The molecule has 0 spiro atoms. The first-order valence-electron chi connectivity index (χ1n) is 6.93. The standard InChI is InChI=1S/C16H19N3O/c1-19-7-6-12(11-19)10-17-16(20)18-15-8-13-4-2-3-5-14(13)9-15/h2-7,11,15H,8-10H2,1H3,(H2,17,18,20). The Bertz CT molecular complexity index is 593. The van der Waals surface area contributed by atoms with Gasteiger partial charge < -0.3 is 15.2 Å². The van der Waals surface area contributed by atoms with E-state index in [-0.39, 0.29) is 12.1 Å². The Hall–Kier alpha value is -2.23. The van der Waals surface area contributed by atoms with Crippen LogP contribution in [0, 0.1) is 0 Å². The lowest BCUT2D eigenvalue weighted by Gasteiger charge is -2.12. The molecule has 1 aromatic heterocycles. The molecule has 104 valence electrons. The molecule has 0 saturated heterocycles. The zero-order valence-electron chi connectivity index (χ0n) is 11.6. The van der Waals surface area contributed by atoms with Crippen LogP contribution >= 0.6 is 0 Å². The highest BCUT2D eigenvalue weighted by molar-refractivity contribution is 5.74. The molecule has 0 bridgehead atoms. The number of hydrogen-bond donors (Lipinski definition) is 2. The number of aryl methyl sites for hydroxylation is 1. The second-order valence-corrected chi connectivity index (χ2v) is 5.39. The summed E-state index contributed by atoms with van der Waals surface area (Å²) < 4.78 is 1.97. The van der Waals surface area contributed by atoms with Crippen LogP contribution in [-0.2, 0) is 26.4 Å². The van der Waals surface area contributed by atoms with Crippen molar-refractivity contribution in [1.29, 1.82) is 0 Å². The molecule has 1 heterocycles. The number of amides is 2. The molecule has 1 aromatic carbocycles. The fourth-order valence-corrected chi connectivity index (χ4v) is 2.75. The summed E-state index contributed by atoms with van der Waals surface area (Å²) in [6.45, 7) is 0.562. The monoisotopic (exact) mass is 269 g/mol. The second kappa shape index (κ2) is 5.41. The number of carbonyl (C=O) groups excluding carboxylic acids is 1. The van der Waals surface area contributed by atoms with Crippen molar-refractivity contribution in [3.63, 3.8) is 0 Å². The van der Waals surface area contributed by atoms with Crippen LogP contribution in [0.2, 0.25) is 0 Å². The van der Waals surface area contributed by atoms with Gasteiger partial charge in [-0.2, -0.15) is 0 Å². The molecule has 0 aliphatic heterocycles. The van der Waals surface area contributed by atoms with Gasteiger partial charge in [0.05, 0.1) is 0 Å². The summed E-state index contributed by atoms with van der Waals surface area (Å²) in [6, 6.07) is 10.5. The highest BCUT2D eigenvalue weighted by Gasteiger charge is 2.22. The van der Waals surface area contributed by atoms with Gasteiger partial charge >= 0.3 is 6.03 Å². The molecule has 0 atom stereocenters. The van der Waals surface area contributed by atoms with E-state index in [2.05, 4.69) is 34.9 Å². The molecule has 0 radical (unpaired) electrons. The maximum atomic E-state index is 11.9. The van der Waals surface area contributed by atoms with Crippen LogP contribution in [0.3, 0.4) is 0 Å². The molecule has 1 aliphatic carbocycles. The fraction of sp³-hybridized carbons (Fsp3) is 0.312. The number of nitrogens with one attached hydrogen (secondary N) is 2. The summed E-state index contributed by atoms with van der Waals surface area (Å²) in [5, 5.41) is 5.95. The summed E-state index contributed by atoms with van der Waals surface area (Å²) in [5.74, 6) is 0.